The predicted octanol–water partition coefficient (Wildman–Crippen LogP) is 1.10. The number of aromatic nitrogens is 5. The number of aryl methyl sites for hydroxylation is 2. The number of halogens is 1. The first-order chi connectivity index (χ1) is 9.97. The van der Waals surface area contributed by atoms with Crippen molar-refractivity contribution < 1.29 is 4.79 Å². The molecule has 8 heteroatoms. The van der Waals surface area contributed by atoms with Crippen molar-refractivity contribution in [1.29, 1.82) is 0 Å². The van der Waals surface area contributed by atoms with E-state index in [1.165, 1.54) is 0 Å². The summed E-state index contributed by atoms with van der Waals surface area (Å²) in [6, 6.07) is 0. The summed E-state index contributed by atoms with van der Waals surface area (Å²) in [5.74, 6) is 1.74. The van der Waals surface area contributed by atoms with Gasteiger partial charge in [-0.15, -0.1) is 10.2 Å². The highest BCUT2D eigenvalue weighted by Crippen LogP contribution is 2.19. The van der Waals surface area contributed by atoms with E-state index < -0.39 is 0 Å². The van der Waals surface area contributed by atoms with Crippen LogP contribution in [0.2, 0.25) is 5.02 Å². The van der Waals surface area contributed by atoms with Gasteiger partial charge in [0.1, 0.15) is 12.4 Å². The van der Waals surface area contributed by atoms with Gasteiger partial charge in [-0.3, -0.25) is 9.48 Å². The Morgan fingerprint density at radius 2 is 2.00 bits per heavy atom. The summed E-state index contributed by atoms with van der Waals surface area (Å²) in [5.41, 5.74) is 1.56. The largest absolute Gasteiger partial charge is 0.332 e. The second kappa shape index (κ2) is 5.14. The fourth-order valence-corrected chi connectivity index (χ4v) is 2.71. The van der Waals surface area contributed by atoms with E-state index >= 15 is 0 Å². The Kier molecular flexibility index (Phi) is 3.44. The third kappa shape index (κ3) is 2.42. The van der Waals surface area contributed by atoms with Crippen molar-refractivity contribution in [1.82, 2.24) is 29.4 Å². The Morgan fingerprint density at radius 1 is 1.24 bits per heavy atom. The average molecular weight is 309 g/mol. The molecule has 21 heavy (non-hydrogen) atoms. The van der Waals surface area contributed by atoms with E-state index in [1.807, 2.05) is 25.3 Å². The van der Waals surface area contributed by atoms with Gasteiger partial charge in [0.15, 0.2) is 5.82 Å². The molecule has 2 aromatic rings. The first-order valence-corrected chi connectivity index (χ1v) is 7.21. The Balaban J connectivity index is 1.73. The van der Waals surface area contributed by atoms with Crippen molar-refractivity contribution in [2.45, 2.75) is 40.4 Å². The van der Waals surface area contributed by atoms with Crippen LogP contribution in [0.5, 0.6) is 0 Å². The lowest BCUT2D eigenvalue weighted by atomic mass is 10.3. The van der Waals surface area contributed by atoms with Gasteiger partial charge in [-0.2, -0.15) is 5.10 Å². The van der Waals surface area contributed by atoms with Crippen LogP contribution in [0.15, 0.2) is 0 Å². The summed E-state index contributed by atoms with van der Waals surface area (Å²) in [4.78, 5) is 14.2. The maximum Gasteiger partial charge on any atom is 0.244 e. The molecule has 0 atom stereocenters. The van der Waals surface area contributed by atoms with Crippen LogP contribution in [-0.4, -0.2) is 41.9 Å². The third-order valence-corrected chi connectivity index (χ3v) is 4.42. The molecule has 7 nitrogen and oxygen atoms in total. The summed E-state index contributed by atoms with van der Waals surface area (Å²) in [5, 5.41) is 13.1. The van der Waals surface area contributed by atoms with Crippen LogP contribution in [0.25, 0.3) is 0 Å². The van der Waals surface area contributed by atoms with Gasteiger partial charge in [0.2, 0.25) is 5.91 Å². The molecule has 0 saturated heterocycles. The van der Waals surface area contributed by atoms with Crippen molar-refractivity contribution in [2.24, 2.45) is 0 Å². The van der Waals surface area contributed by atoms with Crippen molar-refractivity contribution in [3.05, 3.63) is 28.1 Å². The maximum absolute atomic E-state index is 12.4. The highest BCUT2D eigenvalue weighted by Gasteiger charge is 2.24. The number of amides is 1. The average Bonchev–Trinajstić information content (AvgIpc) is 2.95. The summed E-state index contributed by atoms with van der Waals surface area (Å²) < 4.78 is 3.70. The number of fused-ring (bicyclic) bond motifs is 1. The van der Waals surface area contributed by atoms with Crippen LogP contribution in [-0.2, 0) is 24.4 Å². The summed E-state index contributed by atoms with van der Waals surface area (Å²) >= 11 is 6.11. The molecule has 0 spiro atoms. The number of carbonyl (C=O) groups excluding carboxylic acids is 1. The molecule has 3 heterocycles. The SMILES string of the molecule is Cc1nn(CC(=O)N2CCn3c(C)nnc3C2)c(C)c1Cl. The zero-order chi connectivity index (χ0) is 15.1. The number of carbonyl (C=O) groups is 1. The fraction of sp³-hybridized carbons (Fsp3) is 0.538. The molecular formula is C13H17ClN6O. The highest BCUT2D eigenvalue weighted by molar-refractivity contribution is 6.31. The number of rotatable bonds is 2. The highest BCUT2D eigenvalue weighted by atomic mass is 35.5. The molecular weight excluding hydrogens is 292 g/mol. The van der Waals surface area contributed by atoms with Crippen LogP contribution in [0.4, 0.5) is 0 Å². The van der Waals surface area contributed by atoms with Gasteiger partial charge in [-0.1, -0.05) is 11.6 Å². The van der Waals surface area contributed by atoms with Crippen LogP contribution in [0, 0.1) is 20.8 Å². The Hall–Kier alpha value is -1.89. The molecule has 0 bridgehead atoms. The number of hydrogen-bond donors (Lipinski definition) is 0. The van der Waals surface area contributed by atoms with E-state index in [1.54, 1.807) is 9.58 Å². The van der Waals surface area contributed by atoms with Crippen molar-refractivity contribution in [3.8, 4) is 0 Å². The molecule has 0 aromatic carbocycles. The summed E-state index contributed by atoms with van der Waals surface area (Å²) in [6.45, 7) is 7.72. The van der Waals surface area contributed by atoms with Crippen molar-refractivity contribution in [2.75, 3.05) is 6.54 Å². The minimum absolute atomic E-state index is 0.0177. The normalized spacial score (nSPS) is 14.4. The van der Waals surface area contributed by atoms with Gasteiger partial charge < -0.3 is 9.47 Å². The molecule has 0 fully saturated rings. The van der Waals surface area contributed by atoms with E-state index in [-0.39, 0.29) is 12.5 Å². The molecule has 2 aromatic heterocycles. The Morgan fingerprint density at radius 3 is 2.67 bits per heavy atom. The van der Waals surface area contributed by atoms with E-state index in [2.05, 4.69) is 15.3 Å². The second-order valence-corrected chi connectivity index (χ2v) is 5.65. The first kappa shape index (κ1) is 14.1. The molecule has 112 valence electrons. The quantitative estimate of drug-likeness (QED) is 0.833. The van der Waals surface area contributed by atoms with Gasteiger partial charge >= 0.3 is 0 Å². The van der Waals surface area contributed by atoms with Gasteiger partial charge in [0, 0.05) is 13.1 Å². The fourth-order valence-electron chi connectivity index (χ4n) is 2.57. The molecule has 3 rings (SSSR count). The smallest absolute Gasteiger partial charge is 0.244 e. The van der Waals surface area contributed by atoms with Crippen LogP contribution < -0.4 is 0 Å². The summed E-state index contributed by atoms with van der Waals surface area (Å²) in [7, 11) is 0. The minimum atomic E-state index is 0.0177. The van der Waals surface area contributed by atoms with Gasteiger partial charge in [0.05, 0.1) is 23.0 Å². The number of nitrogens with zero attached hydrogens (tertiary/aromatic N) is 6. The zero-order valence-electron chi connectivity index (χ0n) is 12.3. The second-order valence-electron chi connectivity index (χ2n) is 5.27. The first-order valence-electron chi connectivity index (χ1n) is 6.83. The monoisotopic (exact) mass is 308 g/mol. The lowest BCUT2D eigenvalue weighted by Gasteiger charge is -2.27. The molecule has 1 aliphatic rings. The number of hydrogen-bond acceptors (Lipinski definition) is 4. The van der Waals surface area contributed by atoms with Crippen LogP contribution >= 0.6 is 11.6 Å². The predicted molar refractivity (Wildman–Crippen MR) is 76.9 cm³/mol. The molecule has 1 aliphatic heterocycles. The van der Waals surface area contributed by atoms with Crippen LogP contribution in [0.1, 0.15) is 23.0 Å². The zero-order valence-corrected chi connectivity index (χ0v) is 13.1. The molecule has 1 amide bonds. The van der Waals surface area contributed by atoms with Gasteiger partial charge in [0.25, 0.3) is 0 Å². The lowest BCUT2D eigenvalue weighted by Crippen LogP contribution is -2.40. The van der Waals surface area contributed by atoms with E-state index in [0.717, 1.165) is 29.6 Å². The van der Waals surface area contributed by atoms with Crippen molar-refractivity contribution >= 4 is 17.5 Å². The summed E-state index contributed by atoms with van der Waals surface area (Å²) in [6.07, 6.45) is 0. The van der Waals surface area contributed by atoms with Crippen molar-refractivity contribution in [3.63, 3.8) is 0 Å². The van der Waals surface area contributed by atoms with E-state index in [4.69, 9.17) is 11.6 Å². The van der Waals surface area contributed by atoms with E-state index in [9.17, 15) is 4.79 Å². The third-order valence-electron chi connectivity index (χ3n) is 3.87. The van der Waals surface area contributed by atoms with Crippen LogP contribution in [0.3, 0.4) is 0 Å². The Labute approximate surface area is 127 Å². The standard InChI is InChI=1S/C13H17ClN6O/c1-8-13(14)9(2)20(17-8)7-12(21)18-4-5-19-10(3)15-16-11(19)6-18/h4-7H2,1-3H3. The molecule has 0 radical (unpaired) electrons. The van der Waals surface area contributed by atoms with Gasteiger partial charge in [-0.25, -0.2) is 0 Å². The molecule has 0 N–H and O–H groups in total. The minimum Gasteiger partial charge on any atom is -0.332 e. The van der Waals surface area contributed by atoms with Gasteiger partial charge in [-0.05, 0) is 20.8 Å². The molecule has 0 saturated carbocycles. The topological polar surface area (TPSA) is 68.8 Å². The van der Waals surface area contributed by atoms with E-state index in [0.29, 0.717) is 18.1 Å². The maximum atomic E-state index is 12.4. The Bertz CT molecular complexity index is 704. The lowest BCUT2D eigenvalue weighted by molar-refractivity contribution is -0.133. The molecule has 0 unspecified atom stereocenters. The molecule has 0 aliphatic carbocycles.